The molecule has 0 spiro atoms. The van der Waals surface area contributed by atoms with E-state index in [0.29, 0.717) is 5.69 Å². The van der Waals surface area contributed by atoms with Gasteiger partial charge < -0.3 is 5.32 Å². The van der Waals surface area contributed by atoms with Gasteiger partial charge in [-0.2, -0.15) is 13.2 Å². The predicted octanol–water partition coefficient (Wildman–Crippen LogP) is 3.24. The van der Waals surface area contributed by atoms with Crippen molar-refractivity contribution in [3.05, 3.63) is 48.4 Å². The minimum absolute atomic E-state index is 0.132. The van der Waals surface area contributed by atoms with Gasteiger partial charge in [0.1, 0.15) is 5.82 Å². The third-order valence-corrected chi connectivity index (χ3v) is 2.02. The van der Waals surface area contributed by atoms with Crippen molar-refractivity contribution in [2.24, 2.45) is 0 Å². The van der Waals surface area contributed by atoms with Gasteiger partial charge in [-0.05, 0) is 24.3 Å². The number of alkyl halides is 3. The number of aromatic nitrogens is 2. The Morgan fingerprint density at radius 1 is 1.12 bits per heavy atom. The molecule has 0 aromatic carbocycles. The molecular weight excluding hydrogens is 231 g/mol. The summed E-state index contributed by atoms with van der Waals surface area (Å²) in [6.45, 7) is 0. The Hall–Kier alpha value is -2.11. The van der Waals surface area contributed by atoms with Gasteiger partial charge in [-0.1, -0.05) is 0 Å². The van der Waals surface area contributed by atoms with Crippen molar-refractivity contribution in [2.45, 2.75) is 6.18 Å². The number of rotatable bonds is 2. The summed E-state index contributed by atoms with van der Waals surface area (Å²) in [5.74, 6) is 0.132. The summed E-state index contributed by atoms with van der Waals surface area (Å²) in [5, 5.41) is 2.74. The maximum Gasteiger partial charge on any atom is 0.416 e. The van der Waals surface area contributed by atoms with Gasteiger partial charge in [-0.25, -0.2) is 4.98 Å². The van der Waals surface area contributed by atoms with Crippen LogP contribution < -0.4 is 5.32 Å². The van der Waals surface area contributed by atoms with E-state index >= 15 is 0 Å². The molecule has 0 fully saturated rings. The Bertz CT molecular complexity index is 497. The Labute approximate surface area is 95.3 Å². The summed E-state index contributed by atoms with van der Waals surface area (Å²) in [6, 6.07) is 5.24. The molecule has 0 saturated heterocycles. The summed E-state index contributed by atoms with van der Waals surface area (Å²) in [5.41, 5.74) is -0.154. The Morgan fingerprint density at radius 3 is 2.59 bits per heavy atom. The van der Waals surface area contributed by atoms with Crippen molar-refractivity contribution in [2.75, 3.05) is 5.32 Å². The highest BCUT2D eigenvalue weighted by Gasteiger charge is 2.30. The van der Waals surface area contributed by atoms with E-state index in [0.717, 1.165) is 18.3 Å². The SMILES string of the molecule is FC(F)(F)c1ccnc(Nc2cccnc2)c1. The molecular formula is C11H8F3N3. The van der Waals surface area contributed by atoms with Crippen LogP contribution in [-0.2, 0) is 6.18 Å². The van der Waals surface area contributed by atoms with Crippen molar-refractivity contribution < 1.29 is 13.2 Å². The molecule has 3 nitrogen and oxygen atoms in total. The molecule has 0 aliphatic rings. The van der Waals surface area contributed by atoms with Crippen LogP contribution in [0.2, 0.25) is 0 Å². The molecule has 0 radical (unpaired) electrons. The quantitative estimate of drug-likeness (QED) is 0.874. The zero-order chi connectivity index (χ0) is 12.3. The van der Waals surface area contributed by atoms with Gasteiger partial charge in [0, 0.05) is 12.4 Å². The molecule has 2 heterocycles. The number of hydrogen-bond donors (Lipinski definition) is 1. The van der Waals surface area contributed by atoms with Crippen LogP contribution in [0.15, 0.2) is 42.9 Å². The fourth-order valence-corrected chi connectivity index (χ4v) is 1.26. The number of nitrogens with one attached hydrogen (secondary N) is 1. The lowest BCUT2D eigenvalue weighted by Gasteiger charge is -2.09. The highest BCUT2D eigenvalue weighted by Crippen LogP contribution is 2.30. The number of pyridine rings is 2. The van der Waals surface area contributed by atoms with Gasteiger partial charge in [-0.3, -0.25) is 4.98 Å². The molecule has 0 aliphatic heterocycles. The number of nitrogens with zero attached hydrogens (tertiary/aromatic N) is 2. The highest BCUT2D eigenvalue weighted by atomic mass is 19.4. The van der Waals surface area contributed by atoms with Gasteiger partial charge in [0.25, 0.3) is 0 Å². The molecule has 0 saturated carbocycles. The van der Waals surface area contributed by atoms with Crippen molar-refractivity contribution in [1.29, 1.82) is 0 Å². The lowest BCUT2D eigenvalue weighted by molar-refractivity contribution is -0.137. The van der Waals surface area contributed by atoms with Crippen LogP contribution in [0.3, 0.4) is 0 Å². The monoisotopic (exact) mass is 239 g/mol. The maximum atomic E-state index is 12.4. The van der Waals surface area contributed by atoms with Crippen LogP contribution in [0.25, 0.3) is 0 Å². The van der Waals surface area contributed by atoms with E-state index in [9.17, 15) is 13.2 Å². The lowest BCUT2D eigenvalue weighted by Crippen LogP contribution is -2.06. The topological polar surface area (TPSA) is 37.8 Å². The molecule has 0 unspecified atom stereocenters. The minimum atomic E-state index is -4.37. The van der Waals surface area contributed by atoms with Crippen molar-refractivity contribution in [3.8, 4) is 0 Å². The first-order chi connectivity index (χ1) is 8.05. The molecule has 0 amide bonds. The van der Waals surface area contributed by atoms with E-state index in [1.165, 1.54) is 6.20 Å². The molecule has 2 aromatic rings. The molecule has 0 bridgehead atoms. The number of anilines is 2. The second kappa shape index (κ2) is 4.40. The normalized spacial score (nSPS) is 11.2. The van der Waals surface area contributed by atoms with E-state index < -0.39 is 11.7 Å². The summed E-state index contributed by atoms with van der Waals surface area (Å²) in [6.07, 6.45) is -0.178. The second-order valence-electron chi connectivity index (χ2n) is 3.29. The Balaban J connectivity index is 2.23. The summed E-state index contributed by atoms with van der Waals surface area (Å²) in [7, 11) is 0. The van der Waals surface area contributed by atoms with E-state index in [2.05, 4.69) is 15.3 Å². The zero-order valence-electron chi connectivity index (χ0n) is 8.57. The van der Waals surface area contributed by atoms with E-state index in [-0.39, 0.29) is 5.82 Å². The third kappa shape index (κ3) is 2.93. The second-order valence-corrected chi connectivity index (χ2v) is 3.29. The standard InChI is InChI=1S/C11H8F3N3/c12-11(13,14)8-3-5-16-10(6-8)17-9-2-1-4-15-7-9/h1-7H,(H,16,17). The van der Waals surface area contributed by atoms with Crippen LogP contribution in [0, 0.1) is 0 Å². The van der Waals surface area contributed by atoms with E-state index in [1.807, 2.05) is 0 Å². The van der Waals surface area contributed by atoms with Crippen LogP contribution in [-0.4, -0.2) is 9.97 Å². The molecule has 6 heteroatoms. The highest BCUT2D eigenvalue weighted by molar-refractivity contribution is 5.55. The predicted molar refractivity (Wildman–Crippen MR) is 56.8 cm³/mol. The van der Waals surface area contributed by atoms with E-state index in [1.54, 1.807) is 18.3 Å². The Kier molecular flexibility index (Phi) is 2.95. The third-order valence-electron chi connectivity index (χ3n) is 2.02. The molecule has 0 aliphatic carbocycles. The van der Waals surface area contributed by atoms with E-state index in [4.69, 9.17) is 0 Å². The van der Waals surface area contributed by atoms with Gasteiger partial charge >= 0.3 is 6.18 Å². The molecule has 88 valence electrons. The fourth-order valence-electron chi connectivity index (χ4n) is 1.26. The molecule has 1 N–H and O–H groups in total. The van der Waals surface area contributed by atoms with Crippen LogP contribution in [0.1, 0.15) is 5.56 Å². The number of halogens is 3. The summed E-state index contributed by atoms with van der Waals surface area (Å²) < 4.78 is 37.3. The maximum absolute atomic E-state index is 12.4. The first-order valence-corrected chi connectivity index (χ1v) is 4.76. The first kappa shape index (κ1) is 11.4. The van der Waals surface area contributed by atoms with Crippen molar-refractivity contribution in [1.82, 2.24) is 9.97 Å². The summed E-state index contributed by atoms with van der Waals surface area (Å²) >= 11 is 0. The fraction of sp³-hybridized carbons (Fsp3) is 0.0909. The molecule has 0 atom stereocenters. The van der Waals surface area contributed by atoms with Gasteiger partial charge in [-0.15, -0.1) is 0 Å². The van der Waals surface area contributed by atoms with Crippen molar-refractivity contribution in [3.63, 3.8) is 0 Å². The first-order valence-electron chi connectivity index (χ1n) is 4.76. The Morgan fingerprint density at radius 2 is 1.94 bits per heavy atom. The largest absolute Gasteiger partial charge is 0.416 e. The minimum Gasteiger partial charge on any atom is -0.339 e. The van der Waals surface area contributed by atoms with Crippen molar-refractivity contribution >= 4 is 11.5 Å². The smallest absolute Gasteiger partial charge is 0.339 e. The van der Waals surface area contributed by atoms with Crippen LogP contribution in [0.4, 0.5) is 24.7 Å². The molecule has 2 rings (SSSR count). The van der Waals surface area contributed by atoms with Gasteiger partial charge in [0.05, 0.1) is 17.4 Å². The van der Waals surface area contributed by atoms with Crippen LogP contribution >= 0.6 is 0 Å². The molecule has 2 aromatic heterocycles. The zero-order valence-corrected chi connectivity index (χ0v) is 8.57. The van der Waals surface area contributed by atoms with Gasteiger partial charge in [0.15, 0.2) is 0 Å². The number of hydrogen-bond acceptors (Lipinski definition) is 3. The van der Waals surface area contributed by atoms with Gasteiger partial charge in [0.2, 0.25) is 0 Å². The average Bonchev–Trinajstić information content (AvgIpc) is 2.29. The van der Waals surface area contributed by atoms with Crippen LogP contribution in [0.5, 0.6) is 0 Å². The average molecular weight is 239 g/mol. The summed E-state index contributed by atoms with van der Waals surface area (Å²) in [4.78, 5) is 7.65. The lowest BCUT2D eigenvalue weighted by atomic mass is 10.2. The molecule has 17 heavy (non-hydrogen) atoms.